The largest absolute Gasteiger partial charge is 0.361 e. The Morgan fingerprint density at radius 2 is 2.30 bits per heavy atom. The van der Waals surface area contributed by atoms with Crippen molar-refractivity contribution in [3.8, 4) is 0 Å². The summed E-state index contributed by atoms with van der Waals surface area (Å²) in [5.74, 6) is 0.433. The summed E-state index contributed by atoms with van der Waals surface area (Å²) in [5.41, 5.74) is 1.53. The van der Waals surface area contributed by atoms with Gasteiger partial charge in [-0.1, -0.05) is 5.16 Å². The molecule has 0 saturated carbocycles. The lowest BCUT2D eigenvalue weighted by Crippen LogP contribution is -2.14. The first-order valence-electron chi connectivity index (χ1n) is 6.10. The predicted octanol–water partition coefficient (Wildman–Crippen LogP) is 2.78. The van der Waals surface area contributed by atoms with Crippen molar-refractivity contribution in [1.82, 2.24) is 10.1 Å². The molecule has 20 heavy (non-hydrogen) atoms. The maximum absolute atomic E-state index is 13.2. The number of aromatic amines is 1. The minimum absolute atomic E-state index is 0.134. The van der Waals surface area contributed by atoms with Crippen LogP contribution in [0.2, 0.25) is 0 Å². The quantitative estimate of drug-likeness (QED) is 0.770. The summed E-state index contributed by atoms with van der Waals surface area (Å²) in [4.78, 5) is 14.9. The van der Waals surface area contributed by atoms with Crippen LogP contribution in [0.25, 0.3) is 10.9 Å². The molecule has 102 valence electrons. The van der Waals surface area contributed by atoms with E-state index < -0.39 is 0 Å². The Kier molecular flexibility index (Phi) is 2.98. The average Bonchev–Trinajstić information content (AvgIpc) is 2.97. The number of hydrogen-bond acceptors (Lipinski definition) is 3. The number of hydrogen-bond donors (Lipinski definition) is 2. The Morgan fingerprint density at radius 3 is 3.05 bits per heavy atom. The molecule has 2 N–H and O–H groups in total. The number of halogens is 1. The van der Waals surface area contributed by atoms with Crippen molar-refractivity contribution in [2.24, 2.45) is 0 Å². The van der Waals surface area contributed by atoms with Crippen LogP contribution in [-0.4, -0.2) is 16.0 Å². The average molecular weight is 273 g/mol. The van der Waals surface area contributed by atoms with Crippen LogP contribution >= 0.6 is 0 Å². The van der Waals surface area contributed by atoms with E-state index >= 15 is 0 Å². The van der Waals surface area contributed by atoms with Gasteiger partial charge < -0.3 is 14.8 Å². The number of amides is 1. The molecule has 3 rings (SSSR count). The Bertz CT molecular complexity index is 776. The molecule has 5 nitrogen and oxygen atoms in total. The molecule has 0 saturated heterocycles. The van der Waals surface area contributed by atoms with Crippen molar-refractivity contribution >= 4 is 22.6 Å². The van der Waals surface area contributed by atoms with E-state index in [9.17, 15) is 9.18 Å². The van der Waals surface area contributed by atoms with Crippen LogP contribution in [0, 0.1) is 12.7 Å². The van der Waals surface area contributed by atoms with E-state index in [0.717, 1.165) is 11.1 Å². The summed E-state index contributed by atoms with van der Waals surface area (Å²) < 4.78 is 18.1. The molecule has 0 bridgehead atoms. The van der Waals surface area contributed by atoms with E-state index in [1.807, 2.05) is 0 Å². The molecule has 0 aliphatic rings. The SMILES string of the molecule is Cc1cc(NC(=O)Cc2c[nH]c3ccc(F)cc23)no1. The highest BCUT2D eigenvalue weighted by atomic mass is 19.1. The maximum Gasteiger partial charge on any atom is 0.230 e. The van der Waals surface area contributed by atoms with Gasteiger partial charge in [0, 0.05) is 23.2 Å². The number of H-pyrrole nitrogens is 1. The summed E-state index contributed by atoms with van der Waals surface area (Å²) in [6, 6.07) is 6.06. The lowest BCUT2D eigenvalue weighted by molar-refractivity contribution is -0.115. The second-order valence-corrected chi connectivity index (χ2v) is 4.55. The molecule has 0 spiro atoms. The van der Waals surface area contributed by atoms with Gasteiger partial charge in [-0.05, 0) is 30.7 Å². The third kappa shape index (κ3) is 2.40. The molecular formula is C14H12FN3O2. The van der Waals surface area contributed by atoms with E-state index in [2.05, 4.69) is 15.5 Å². The first-order valence-corrected chi connectivity index (χ1v) is 6.10. The molecular weight excluding hydrogens is 261 g/mol. The minimum atomic E-state index is -0.328. The molecule has 1 amide bonds. The Morgan fingerprint density at radius 1 is 1.45 bits per heavy atom. The summed E-state index contributed by atoms with van der Waals surface area (Å²) >= 11 is 0. The van der Waals surface area contributed by atoms with Gasteiger partial charge in [-0.3, -0.25) is 4.79 Å². The molecule has 0 fully saturated rings. The van der Waals surface area contributed by atoms with Gasteiger partial charge in [0.15, 0.2) is 5.82 Å². The minimum Gasteiger partial charge on any atom is -0.361 e. The fraction of sp³-hybridized carbons (Fsp3) is 0.143. The summed E-state index contributed by atoms with van der Waals surface area (Å²) in [7, 11) is 0. The number of aromatic nitrogens is 2. The Hall–Kier alpha value is -2.63. The number of carbonyl (C=O) groups is 1. The Balaban J connectivity index is 1.79. The van der Waals surface area contributed by atoms with E-state index in [1.165, 1.54) is 12.1 Å². The van der Waals surface area contributed by atoms with Crippen LogP contribution in [0.5, 0.6) is 0 Å². The van der Waals surface area contributed by atoms with Crippen LogP contribution in [0.15, 0.2) is 35.0 Å². The molecule has 0 radical (unpaired) electrons. The van der Waals surface area contributed by atoms with E-state index in [1.54, 1.807) is 25.3 Å². The van der Waals surface area contributed by atoms with Gasteiger partial charge in [-0.15, -0.1) is 0 Å². The van der Waals surface area contributed by atoms with Gasteiger partial charge in [0.1, 0.15) is 11.6 Å². The highest BCUT2D eigenvalue weighted by Gasteiger charge is 2.11. The van der Waals surface area contributed by atoms with Gasteiger partial charge in [-0.2, -0.15) is 0 Å². The number of aryl methyl sites for hydroxylation is 1. The first kappa shape index (κ1) is 12.4. The van der Waals surface area contributed by atoms with Crippen LogP contribution in [0.1, 0.15) is 11.3 Å². The molecule has 1 aromatic carbocycles. The number of fused-ring (bicyclic) bond motifs is 1. The number of nitrogens with one attached hydrogen (secondary N) is 2. The van der Waals surface area contributed by atoms with Gasteiger partial charge in [-0.25, -0.2) is 4.39 Å². The number of rotatable bonds is 3. The monoisotopic (exact) mass is 273 g/mol. The van der Waals surface area contributed by atoms with Crippen molar-refractivity contribution in [3.05, 3.63) is 47.6 Å². The summed E-state index contributed by atoms with van der Waals surface area (Å²) in [6.07, 6.45) is 1.84. The van der Waals surface area contributed by atoms with Crippen LogP contribution in [0.3, 0.4) is 0 Å². The number of benzene rings is 1. The fourth-order valence-corrected chi connectivity index (χ4v) is 2.08. The zero-order valence-corrected chi connectivity index (χ0v) is 10.7. The fourth-order valence-electron chi connectivity index (χ4n) is 2.08. The van der Waals surface area contributed by atoms with Crippen molar-refractivity contribution < 1.29 is 13.7 Å². The van der Waals surface area contributed by atoms with E-state index in [-0.39, 0.29) is 18.1 Å². The third-order valence-electron chi connectivity index (χ3n) is 2.98. The van der Waals surface area contributed by atoms with Gasteiger partial charge in [0.05, 0.1) is 6.42 Å². The molecule has 2 heterocycles. The van der Waals surface area contributed by atoms with Crippen molar-refractivity contribution in [2.45, 2.75) is 13.3 Å². The first-order chi connectivity index (χ1) is 9.61. The van der Waals surface area contributed by atoms with E-state index in [4.69, 9.17) is 4.52 Å². The van der Waals surface area contributed by atoms with Gasteiger partial charge in [0.25, 0.3) is 0 Å². The summed E-state index contributed by atoms with van der Waals surface area (Å²) in [6.45, 7) is 1.74. The van der Waals surface area contributed by atoms with Crippen molar-refractivity contribution in [1.29, 1.82) is 0 Å². The molecule has 0 unspecified atom stereocenters. The zero-order valence-electron chi connectivity index (χ0n) is 10.7. The molecule has 2 aromatic heterocycles. The lowest BCUT2D eigenvalue weighted by Gasteiger charge is -2.00. The predicted molar refractivity (Wildman–Crippen MR) is 71.8 cm³/mol. The highest BCUT2D eigenvalue weighted by molar-refractivity contribution is 5.95. The van der Waals surface area contributed by atoms with Crippen molar-refractivity contribution in [2.75, 3.05) is 5.32 Å². The zero-order chi connectivity index (χ0) is 14.1. The van der Waals surface area contributed by atoms with Crippen LogP contribution in [-0.2, 0) is 11.2 Å². The molecule has 6 heteroatoms. The van der Waals surface area contributed by atoms with Crippen LogP contribution < -0.4 is 5.32 Å². The number of nitrogens with zero attached hydrogens (tertiary/aromatic N) is 1. The second-order valence-electron chi connectivity index (χ2n) is 4.55. The van der Waals surface area contributed by atoms with Gasteiger partial charge in [0.2, 0.25) is 5.91 Å². The standard InChI is InChI=1S/C14H12FN3O2/c1-8-4-13(18-20-8)17-14(19)5-9-7-16-12-3-2-10(15)6-11(9)12/h2-4,6-7,16H,5H2,1H3,(H,17,18,19). The second kappa shape index (κ2) is 4.80. The van der Waals surface area contributed by atoms with E-state index in [0.29, 0.717) is 17.0 Å². The van der Waals surface area contributed by atoms with Crippen LogP contribution in [0.4, 0.5) is 10.2 Å². The summed E-state index contributed by atoms with van der Waals surface area (Å²) in [5, 5.41) is 7.02. The lowest BCUT2D eigenvalue weighted by atomic mass is 10.1. The maximum atomic E-state index is 13.2. The third-order valence-corrected chi connectivity index (χ3v) is 2.98. The Labute approximate surface area is 113 Å². The topological polar surface area (TPSA) is 70.9 Å². The highest BCUT2D eigenvalue weighted by Crippen LogP contribution is 2.20. The number of anilines is 1. The molecule has 0 aliphatic carbocycles. The van der Waals surface area contributed by atoms with Crippen molar-refractivity contribution in [3.63, 3.8) is 0 Å². The molecule has 0 atom stereocenters. The number of carbonyl (C=O) groups excluding carboxylic acids is 1. The smallest absolute Gasteiger partial charge is 0.230 e. The normalized spacial score (nSPS) is 10.9. The van der Waals surface area contributed by atoms with Gasteiger partial charge >= 0.3 is 0 Å². The molecule has 3 aromatic rings. The molecule has 0 aliphatic heterocycles.